The standard InChI is InChI=1S/C4H7N2.CH3.V/c1-4(5-2)6-3;;/h2H,1,3H3;1H3;/q2*-1;+2. The number of hydrogen-bond acceptors (Lipinski definition) is 1. The summed E-state index contributed by atoms with van der Waals surface area (Å²) in [4.78, 5) is 6.89. The first-order chi connectivity index (χ1) is 2.81. The average Bonchev–Trinajstić information content (AvgIpc) is 1.65. The fourth-order valence-corrected chi connectivity index (χ4v) is 0.0577. The molecule has 0 atom stereocenters. The van der Waals surface area contributed by atoms with E-state index in [0.717, 1.165) is 0 Å². The van der Waals surface area contributed by atoms with Crippen molar-refractivity contribution < 1.29 is 18.6 Å². The van der Waals surface area contributed by atoms with Gasteiger partial charge in [0.25, 0.3) is 0 Å². The Morgan fingerprint density at radius 2 is 1.88 bits per heavy atom. The molecule has 0 saturated carbocycles. The minimum Gasteiger partial charge on any atom is -0.448 e. The average molecular weight is 149 g/mol. The summed E-state index contributed by atoms with van der Waals surface area (Å²) in [6.07, 6.45) is 0. The predicted octanol–water partition coefficient (Wildman–Crippen LogP) is 1.06. The molecular formula is C5H10N2V. The van der Waals surface area contributed by atoms with E-state index in [1.165, 1.54) is 0 Å². The summed E-state index contributed by atoms with van der Waals surface area (Å²) in [5.41, 5.74) is 0. The van der Waals surface area contributed by atoms with E-state index in [4.69, 9.17) is 6.72 Å². The zero-order chi connectivity index (χ0) is 4.99. The number of hydrogen-bond donors (Lipinski definition) is 0. The Morgan fingerprint density at radius 3 is 1.88 bits per heavy atom. The Kier molecular flexibility index (Phi) is 19.6. The predicted molar refractivity (Wildman–Crippen MR) is 33.9 cm³/mol. The molecule has 0 saturated heterocycles. The van der Waals surface area contributed by atoms with E-state index >= 15 is 0 Å². The van der Waals surface area contributed by atoms with Gasteiger partial charge in [0.1, 0.15) is 0 Å². The Hall–Kier alpha value is -0.0756. The first kappa shape index (κ1) is 15.7. The molecule has 0 aliphatic rings. The summed E-state index contributed by atoms with van der Waals surface area (Å²) < 4.78 is 0. The van der Waals surface area contributed by atoms with Gasteiger partial charge in [-0.25, -0.2) is 0 Å². The molecule has 8 heavy (non-hydrogen) atoms. The van der Waals surface area contributed by atoms with Crippen molar-refractivity contribution in [2.75, 3.05) is 7.05 Å². The van der Waals surface area contributed by atoms with E-state index in [1.54, 1.807) is 14.0 Å². The van der Waals surface area contributed by atoms with Gasteiger partial charge in [-0.05, 0) is 5.84 Å². The molecule has 0 aliphatic carbocycles. The van der Waals surface area contributed by atoms with Crippen LogP contribution in [0, 0.1) is 7.43 Å². The van der Waals surface area contributed by atoms with Gasteiger partial charge in [0, 0.05) is 7.05 Å². The second-order valence-corrected chi connectivity index (χ2v) is 0.900. The molecule has 0 amide bonds. The fourth-order valence-electron chi connectivity index (χ4n) is 0.0577. The number of rotatable bonds is 0. The summed E-state index contributed by atoms with van der Waals surface area (Å²) in [5, 5.41) is 0. The number of amidine groups is 1. The molecule has 0 aromatic rings. The van der Waals surface area contributed by atoms with Gasteiger partial charge < -0.3 is 17.4 Å². The van der Waals surface area contributed by atoms with Crippen LogP contribution in [0.2, 0.25) is 0 Å². The van der Waals surface area contributed by atoms with Crippen molar-refractivity contribution in [1.29, 1.82) is 0 Å². The summed E-state index contributed by atoms with van der Waals surface area (Å²) in [6.45, 7) is 6.51. The van der Waals surface area contributed by atoms with E-state index in [9.17, 15) is 0 Å². The van der Waals surface area contributed by atoms with Crippen LogP contribution in [-0.2, 0) is 18.6 Å². The topological polar surface area (TPSA) is 24.7 Å². The van der Waals surface area contributed by atoms with Gasteiger partial charge in [0.05, 0.1) is 0 Å². The molecule has 3 heteroatoms. The largest absolute Gasteiger partial charge is 2.00 e. The maximum Gasteiger partial charge on any atom is 2.00 e. The molecule has 0 rings (SSSR count). The van der Waals surface area contributed by atoms with Gasteiger partial charge in [-0.15, -0.1) is 0 Å². The Labute approximate surface area is 63.0 Å². The first-order valence-corrected chi connectivity index (χ1v) is 1.65. The molecule has 0 bridgehead atoms. The van der Waals surface area contributed by atoms with Crippen LogP contribution >= 0.6 is 0 Å². The maximum atomic E-state index is 4.78. The van der Waals surface area contributed by atoms with Crippen LogP contribution in [-0.4, -0.2) is 19.6 Å². The monoisotopic (exact) mass is 149 g/mol. The van der Waals surface area contributed by atoms with Gasteiger partial charge in [-0.1, -0.05) is 6.92 Å². The zero-order valence-corrected chi connectivity index (χ0v) is 6.82. The molecule has 0 unspecified atom stereocenters. The zero-order valence-electron chi connectivity index (χ0n) is 5.42. The number of aliphatic imine (C=N–C) groups is 2. The Bertz CT molecular complexity index is 78.5. The van der Waals surface area contributed by atoms with Crippen molar-refractivity contribution in [2.24, 2.45) is 9.98 Å². The van der Waals surface area contributed by atoms with E-state index in [-0.39, 0.29) is 26.0 Å². The molecule has 45 valence electrons. The van der Waals surface area contributed by atoms with Crippen molar-refractivity contribution in [1.82, 2.24) is 0 Å². The van der Waals surface area contributed by atoms with Crippen LogP contribution in [0.25, 0.3) is 0 Å². The van der Waals surface area contributed by atoms with Crippen LogP contribution in [0.5, 0.6) is 0 Å². The minimum absolute atomic E-state index is 0. The van der Waals surface area contributed by atoms with Crippen molar-refractivity contribution in [3.05, 3.63) is 7.43 Å². The molecule has 0 N–H and O–H groups in total. The van der Waals surface area contributed by atoms with E-state index < -0.39 is 0 Å². The molecule has 0 aromatic carbocycles. The quantitative estimate of drug-likeness (QED) is 0.279. The van der Waals surface area contributed by atoms with E-state index in [2.05, 4.69) is 9.98 Å². The van der Waals surface area contributed by atoms with E-state index in [0.29, 0.717) is 5.84 Å². The molecule has 0 fully saturated rings. The summed E-state index contributed by atoms with van der Waals surface area (Å²) in [7, 11) is 1.64. The number of nitrogens with zero attached hydrogens (tertiary/aromatic N) is 2. The van der Waals surface area contributed by atoms with Gasteiger partial charge >= 0.3 is 18.6 Å². The third kappa shape index (κ3) is 9.33. The van der Waals surface area contributed by atoms with Crippen molar-refractivity contribution in [3.63, 3.8) is 0 Å². The summed E-state index contributed by atoms with van der Waals surface area (Å²) in [5.74, 6) is 0.620. The van der Waals surface area contributed by atoms with Crippen LogP contribution in [0.1, 0.15) is 6.92 Å². The third-order valence-corrected chi connectivity index (χ3v) is 0.510. The Morgan fingerprint density at radius 1 is 1.50 bits per heavy atom. The SMILES string of the molecule is [CH-]=NC(C)=NC.[CH3-].[V+2]. The molecule has 0 spiro atoms. The maximum absolute atomic E-state index is 4.78. The van der Waals surface area contributed by atoms with Crippen molar-refractivity contribution in [3.8, 4) is 0 Å². The molecule has 2 nitrogen and oxygen atoms in total. The van der Waals surface area contributed by atoms with Crippen LogP contribution < -0.4 is 0 Å². The van der Waals surface area contributed by atoms with Gasteiger partial charge in [-0.3, -0.25) is 0 Å². The second-order valence-electron chi connectivity index (χ2n) is 0.900. The third-order valence-electron chi connectivity index (χ3n) is 0.510. The normalized spacial score (nSPS) is 8.50. The minimum atomic E-state index is 0. The van der Waals surface area contributed by atoms with Gasteiger partial charge in [0.2, 0.25) is 0 Å². The van der Waals surface area contributed by atoms with Gasteiger partial charge in [0.15, 0.2) is 0 Å². The molecule has 0 heterocycles. The van der Waals surface area contributed by atoms with E-state index in [1.807, 2.05) is 0 Å². The fraction of sp³-hybridized carbons (Fsp3) is 0.400. The smallest absolute Gasteiger partial charge is 0.448 e. The second kappa shape index (κ2) is 10.0. The summed E-state index contributed by atoms with van der Waals surface area (Å²) >= 11 is 0. The van der Waals surface area contributed by atoms with Crippen LogP contribution in [0.3, 0.4) is 0 Å². The van der Waals surface area contributed by atoms with Gasteiger partial charge in [-0.2, -0.15) is 6.72 Å². The Balaban J connectivity index is -0.000000125. The van der Waals surface area contributed by atoms with Crippen LogP contribution in [0.4, 0.5) is 0 Å². The van der Waals surface area contributed by atoms with Crippen LogP contribution in [0.15, 0.2) is 9.98 Å². The molecule has 1 radical (unpaired) electrons. The van der Waals surface area contributed by atoms with Crippen molar-refractivity contribution in [2.45, 2.75) is 6.92 Å². The first-order valence-electron chi connectivity index (χ1n) is 1.65. The molecule has 0 aliphatic heterocycles. The summed E-state index contributed by atoms with van der Waals surface area (Å²) in [6, 6.07) is 0. The van der Waals surface area contributed by atoms with Crippen molar-refractivity contribution >= 4 is 12.6 Å². The molecular weight excluding hydrogens is 139 g/mol. The molecule has 0 aromatic heterocycles.